The summed E-state index contributed by atoms with van der Waals surface area (Å²) in [4.78, 5) is 0. The number of aliphatic hydroxyl groups is 2. The average Bonchev–Trinajstić information content (AvgIpc) is 2.46. The van der Waals surface area contributed by atoms with Gasteiger partial charge in [-0.2, -0.15) is 11.8 Å². The van der Waals surface area contributed by atoms with Crippen molar-refractivity contribution in [3.63, 3.8) is 0 Å². The molecule has 0 saturated heterocycles. The monoisotopic (exact) mass is 285 g/mol. The van der Waals surface area contributed by atoms with Crippen molar-refractivity contribution in [2.45, 2.75) is 24.3 Å². The maximum absolute atomic E-state index is 10.1. The van der Waals surface area contributed by atoms with Gasteiger partial charge in [0, 0.05) is 17.8 Å². The summed E-state index contributed by atoms with van der Waals surface area (Å²) in [5.41, 5.74) is 0.852. The lowest BCUT2D eigenvalue weighted by Crippen LogP contribution is -2.39. The number of aliphatic hydroxyl groups excluding tert-OH is 2. The van der Waals surface area contributed by atoms with Crippen molar-refractivity contribution in [2.75, 3.05) is 26.5 Å². The quantitative estimate of drug-likeness (QED) is 0.674. The third-order valence-corrected chi connectivity index (χ3v) is 4.34. The predicted octanol–water partition coefficient (Wildman–Crippen LogP) is 1.43. The summed E-state index contributed by atoms with van der Waals surface area (Å²) in [6, 6.07) is 7.52. The maximum atomic E-state index is 10.1. The Morgan fingerprint density at radius 1 is 1.32 bits per heavy atom. The van der Waals surface area contributed by atoms with Gasteiger partial charge in [0.15, 0.2) is 0 Å². The van der Waals surface area contributed by atoms with Crippen LogP contribution in [0.5, 0.6) is 5.75 Å². The van der Waals surface area contributed by atoms with Gasteiger partial charge >= 0.3 is 0 Å². The number of hydrogen-bond donors (Lipinski definition) is 3. The highest BCUT2D eigenvalue weighted by atomic mass is 32.2. The molecule has 108 valence electrons. The van der Waals surface area contributed by atoms with E-state index in [-0.39, 0.29) is 17.9 Å². The number of benzene rings is 1. The van der Waals surface area contributed by atoms with Crippen LogP contribution in [-0.4, -0.2) is 48.0 Å². The second-order valence-corrected chi connectivity index (χ2v) is 5.52. The van der Waals surface area contributed by atoms with E-state index < -0.39 is 6.10 Å². The highest BCUT2D eigenvalue weighted by Gasteiger charge is 2.16. The molecule has 4 nitrogen and oxygen atoms in total. The number of ether oxygens (including phenoxy) is 1. The normalized spacial score (nSPS) is 15.8. The number of rotatable bonds is 8. The molecule has 0 spiro atoms. The van der Waals surface area contributed by atoms with Crippen LogP contribution < -0.4 is 10.1 Å². The summed E-state index contributed by atoms with van der Waals surface area (Å²) >= 11 is 1.62. The summed E-state index contributed by atoms with van der Waals surface area (Å²) < 4.78 is 5.08. The van der Waals surface area contributed by atoms with Crippen LogP contribution in [0.1, 0.15) is 18.6 Å². The average molecular weight is 285 g/mol. The van der Waals surface area contributed by atoms with E-state index in [9.17, 15) is 10.2 Å². The zero-order chi connectivity index (χ0) is 14.3. The van der Waals surface area contributed by atoms with E-state index in [1.807, 2.05) is 37.4 Å². The van der Waals surface area contributed by atoms with E-state index in [4.69, 9.17) is 4.74 Å². The van der Waals surface area contributed by atoms with Crippen LogP contribution in [-0.2, 0) is 0 Å². The molecule has 1 rings (SSSR count). The number of nitrogens with one attached hydrogen (secondary N) is 1. The highest BCUT2D eigenvalue weighted by Crippen LogP contribution is 2.17. The Hall–Kier alpha value is -0.750. The van der Waals surface area contributed by atoms with Crippen LogP contribution in [0.15, 0.2) is 24.3 Å². The number of thioether (sulfide) groups is 1. The Kier molecular flexibility index (Phi) is 7.23. The standard InChI is InChI=1S/C14H23NO3S/c1-10(14(9-16)19-3)15-8-13(17)11-4-6-12(18-2)7-5-11/h4-7,10,13-17H,8-9H2,1-3H3. The molecule has 0 radical (unpaired) electrons. The minimum atomic E-state index is -0.561. The molecule has 19 heavy (non-hydrogen) atoms. The molecule has 0 aromatic heterocycles. The van der Waals surface area contributed by atoms with Gasteiger partial charge in [-0.1, -0.05) is 12.1 Å². The molecule has 3 atom stereocenters. The third-order valence-electron chi connectivity index (χ3n) is 3.17. The molecule has 0 aliphatic rings. The zero-order valence-electron chi connectivity index (χ0n) is 11.7. The Bertz CT molecular complexity index is 354. The first-order chi connectivity index (χ1) is 9.12. The van der Waals surface area contributed by atoms with Crippen LogP contribution in [0, 0.1) is 0 Å². The van der Waals surface area contributed by atoms with Gasteiger partial charge in [0.1, 0.15) is 5.75 Å². The van der Waals surface area contributed by atoms with Gasteiger partial charge < -0.3 is 20.3 Å². The fraction of sp³-hybridized carbons (Fsp3) is 0.571. The van der Waals surface area contributed by atoms with Crippen molar-refractivity contribution in [3.05, 3.63) is 29.8 Å². The summed E-state index contributed by atoms with van der Waals surface area (Å²) in [7, 11) is 1.62. The van der Waals surface area contributed by atoms with Gasteiger partial charge in [-0.3, -0.25) is 0 Å². The minimum Gasteiger partial charge on any atom is -0.497 e. The molecule has 3 unspecified atom stereocenters. The number of methoxy groups -OCH3 is 1. The second-order valence-electron chi connectivity index (χ2n) is 4.44. The molecular formula is C14H23NO3S. The minimum absolute atomic E-state index is 0.133. The first-order valence-corrected chi connectivity index (χ1v) is 7.60. The molecule has 1 aromatic carbocycles. The molecule has 0 aliphatic heterocycles. The van der Waals surface area contributed by atoms with Gasteiger partial charge in [0.2, 0.25) is 0 Å². The zero-order valence-corrected chi connectivity index (χ0v) is 12.5. The van der Waals surface area contributed by atoms with Crippen LogP contribution >= 0.6 is 11.8 Å². The summed E-state index contributed by atoms with van der Waals surface area (Å²) in [5.74, 6) is 0.778. The third kappa shape index (κ3) is 5.03. The lowest BCUT2D eigenvalue weighted by atomic mass is 10.1. The van der Waals surface area contributed by atoms with Crippen molar-refractivity contribution in [3.8, 4) is 5.75 Å². The molecule has 0 fully saturated rings. The molecule has 0 heterocycles. The van der Waals surface area contributed by atoms with Crippen LogP contribution in [0.2, 0.25) is 0 Å². The fourth-order valence-electron chi connectivity index (χ4n) is 1.81. The summed E-state index contributed by atoms with van der Waals surface area (Å²) in [6.45, 7) is 2.61. The SMILES string of the molecule is COc1ccc(C(O)CNC(C)C(CO)SC)cc1. The van der Waals surface area contributed by atoms with Gasteiger partial charge in [0.05, 0.1) is 19.8 Å². The van der Waals surface area contributed by atoms with Gasteiger partial charge in [-0.15, -0.1) is 0 Å². The number of hydrogen-bond acceptors (Lipinski definition) is 5. The maximum Gasteiger partial charge on any atom is 0.118 e. The molecule has 0 amide bonds. The van der Waals surface area contributed by atoms with E-state index in [2.05, 4.69) is 5.32 Å². The van der Waals surface area contributed by atoms with E-state index in [1.54, 1.807) is 18.9 Å². The van der Waals surface area contributed by atoms with Crippen molar-refractivity contribution in [1.29, 1.82) is 0 Å². The van der Waals surface area contributed by atoms with Gasteiger partial charge in [-0.25, -0.2) is 0 Å². The summed E-state index contributed by atoms with van der Waals surface area (Å²) in [5, 5.41) is 22.7. The molecule has 3 N–H and O–H groups in total. The molecule has 0 saturated carbocycles. The molecule has 0 aliphatic carbocycles. The largest absolute Gasteiger partial charge is 0.497 e. The van der Waals surface area contributed by atoms with E-state index in [0.29, 0.717) is 6.54 Å². The van der Waals surface area contributed by atoms with Gasteiger partial charge in [-0.05, 0) is 30.9 Å². The van der Waals surface area contributed by atoms with Crippen LogP contribution in [0.4, 0.5) is 0 Å². The van der Waals surface area contributed by atoms with Crippen molar-refractivity contribution in [2.24, 2.45) is 0 Å². The molecule has 1 aromatic rings. The lowest BCUT2D eigenvalue weighted by molar-refractivity contribution is 0.167. The molecular weight excluding hydrogens is 262 g/mol. The fourth-order valence-corrected chi connectivity index (χ4v) is 2.46. The first-order valence-electron chi connectivity index (χ1n) is 6.31. The van der Waals surface area contributed by atoms with E-state index in [0.717, 1.165) is 11.3 Å². The second kappa shape index (κ2) is 8.43. The Balaban J connectivity index is 2.47. The predicted molar refractivity (Wildman–Crippen MR) is 79.8 cm³/mol. The highest BCUT2D eigenvalue weighted by molar-refractivity contribution is 7.99. The van der Waals surface area contributed by atoms with E-state index in [1.165, 1.54) is 0 Å². The van der Waals surface area contributed by atoms with Crippen molar-refractivity contribution >= 4 is 11.8 Å². The molecule has 0 bridgehead atoms. The Morgan fingerprint density at radius 3 is 2.42 bits per heavy atom. The van der Waals surface area contributed by atoms with Crippen LogP contribution in [0.25, 0.3) is 0 Å². The summed E-state index contributed by atoms with van der Waals surface area (Å²) in [6.07, 6.45) is 1.41. The van der Waals surface area contributed by atoms with Gasteiger partial charge in [0.25, 0.3) is 0 Å². The molecule has 5 heteroatoms. The van der Waals surface area contributed by atoms with Crippen molar-refractivity contribution in [1.82, 2.24) is 5.32 Å². The first kappa shape index (κ1) is 16.3. The lowest BCUT2D eigenvalue weighted by Gasteiger charge is -2.23. The smallest absolute Gasteiger partial charge is 0.118 e. The van der Waals surface area contributed by atoms with Crippen molar-refractivity contribution < 1.29 is 14.9 Å². The van der Waals surface area contributed by atoms with E-state index >= 15 is 0 Å². The van der Waals surface area contributed by atoms with Crippen LogP contribution in [0.3, 0.4) is 0 Å². The Morgan fingerprint density at radius 2 is 1.95 bits per heavy atom. The topological polar surface area (TPSA) is 61.7 Å². The Labute approximate surface area is 119 Å².